The topological polar surface area (TPSA) is 49.3 Å². The summed E-state index contributed by atoms with van der Waals surface area (Å²) in [6, 6.07) is 1.81. The molecular weight excluding hydrogens is 282 g/mol. The van der Waals surface area contributed by atoms with E-state index < -0.39 is 5.97 Å². The smallest absolute Gasteiger partial charge is 0.346 e. The van der Waals surface area contributed by atoms with Crippen molar-refractivity contribution in [2.24, 2.45) is 5.41 Å². The fourth-order valence-corrected chi connectivity index (χ4v) is 2.33. The van der Waals surface area contributed by atoms with Gasteiger partial charge in [-0.15, -0.1) is 11.3 Å². The van der Waals surface area contributed by atoms with E-state index in [1.807, 2.05) is 40.7 Å². The normalized spacial score (nSPS) is 10.0. The molecule has 0 aromatic carbocycles. The molecule has 2 N–H and O–H groups in total. The van der Waals surface area contributed by atoms with Gasteiger partial charge in [-0.1, -0.05) is 32.3 Å². The number of thiophene rings is 1. The molecule has 0 aliphatic rings. The molecule has 0 aliphatic carbocycles. The second kappa shape index (κ2) is 8.66. The minimum absolute atomic E-state index is 0.102. The lowest BCUT2D eigenvalue weighted by molar-refractivity contribution is 0.0702. The van der Waals surface area contributed by atoms with Crippen molar-refractivity contribution in [3.05, 3.63) is 28.0 Å². The molecule has 0 amide bonds. The van der Waals surface area contributed by atoms with E-state index in [1.54, 1.807) is 7.05 Å². The van der Waals surface area contributed by atoms with Gasteiger partial charge in [0.1, 0.15) is 4.88 Å². The van der Waals surface area contributed by atoms with Gasteiger partial charge in [-0.2, -0.15) is 0 Å². The third kappa shape index (κ3) is 6.61. The highest BCUT2D eigenvalue weighted by Gasteiger charge is 2.16. The van der Waals surface area contributed by atoms with Crippen LogP contribution in [0.1, 0.15) is 54.7 Å². The van der Waals surface area contributed by atoms with E-state index >= 15 is 0 Å². The Kier molecular flexibility index (Phi) is 8.01. The van der Waals surface area contributed by atoms with Gasteiger partial charge in [-0.3, -0.25) is 0 Å². The molecule has 0 fully saturated rings. The molecule has 0 spiro atoms. The number of rotatable bonds is 4. The van der Waals surface area contributed by atoms with Gasteiger partial charge in [0.25, 0.3) is 0 Å². The largest absolute Gasteiger partial charge is 0.477 e. The van der Waals surface area contributed by atoms with Crippen LogP contribution in [0.3, 0.4) is 0 Å². The molecule has 1 heterocycles. The van der Waals surface area contributed by atoms with Gasteiger partial charge in [-0.25, -0.2) is 4.79 Å². The Morgan fingerprint density at radius 2 is 2.00 bits per heavy atom. The zero-order chi connectivity index (χ0) is 16.6. The maximum Gasteiger partial charge on any atom is 0.346 e. The maximum absolute atomic E-state index is 11.2. The summed E-state index contributed by atoms with van der Waals surface area (Å²) >= 11 is 1.20. The summed E-state index contributed by atoms with van der Waals surface area (Å²) < 4.78 is 0. The van der Waals surface area contributed by atoms with Gasteiger partial charge >= 0.3 is 5.97 Å². The molecule has 0 atom stereocenters. The third-order valence-corrected chi connectivity index (χ3v) is 3.30. The molecule has 0 aliphatic heterocycles. The summed E-state index contributed by atoms with van der Waals surface area (Å²) in [6.07, 6.45) is 0. The molecule has 1 aromatic rings. The number of carboxylic acids is 1. The van der Waals surface area contributed by atoms with Crippen LogP contribution in [0.4, 0.5) is 0 Å². The Hall–Kier alpha value is -1.57. The molecule has 1 rings (SSSR count). The molecule has 1 aromatic heterocycles. The van der Waals surface area contributed by atoms with Crippen LogP contribution in [0.2, 0.25) is 0 Å². The van der Waals surface area contributed by atoms with Crippen LogP contribution in [0, 0.1) is 17.3 Å². The third-order valence-electron chi connectivity index (χ3n) is 2.26. The highest BCUT2D eigenvalue weighted by molar-refractivity contribution is 7.14. The molecule has 21 heavy (non-hydrogen) atoms. The Labute approximate surface area is 132 Å². The molecule has 0 saturated heterocycles. The summed E-state index contributed by atoms with van der Waals surface area (Å²) in [4.78, 5) is 12.3. The Morgan fingerprint density at radius 3 is 2.43 bits per heavy atom. The highest BCUT2D eigenvalue weighted by atomic mass is 32.1. The maximum atomic E-state index is 11.2. The van der Waals surface area contributed by atoms with Crippen molar-refractivity contribution in [2.75, 3.05) is 13.6 Å². The SMILES string of the molecule is C=C(CNC)c1cc(C#CC(C)(C)C)sc1C(=O)O.CC. The molecule has 4 heteroatoms. The van der Waals surface area contributed by atoms with Crippen molar-refractivity contribution < 1.29 is 9.90 Å². The minimum Gasteiger partial charge on any atom is -0.477 e. The molecule has 0 radical (unpaired) electrons. The quantitative estimate of drug-likeness (QED) is 0.823. The average Bonchev–Trinajstić information content (AvgIpc) is 2.83. The number of likely N-dealkylation sites (N-methyl/N-ethyl adjacent to an activating group) is 1. The highest BCUT2D eigenvalue weighted by Crippen LogP contribution is 2.27. The number of nitrogens with one attached hydrogen (secondary N) is 1. The predicted octanol–water partition coefficient (Wildman–Crippen LogP) is 4.10. The van der Waals surface area contributed by atoms with E-state index in [9.17, 15) is 9.90 Å². The lowest BCUT2D eigenvalue weighted by Gasteiger charge is -2.06. The Morgan fingerprint density at radius 1 is 1.43 bits per heavy atom. The van der Waals surface area contributed by atoms with Crippen LogP contribution in [0.25, 0.3) is 5.57 Å². The van der Waals surface area contributed by atoms with Gasteiger partial charge in [0, 0.05) is 17.5 Å². The standard InChI is InChI=1S/C15H19NO2S.C2H6/c1-10(9-16-5)12-8-11(6-7-15(2,3)4)19-13(12)14(17)18;1-2/h8,16H,1,9H2,2-5H3,(H,17,18);1-2H3. The Bertz CT molecular complexity index is 554. The molecule has 0 unspecified atom stereocenters. The number of hydrogen-bond acceptors (Lipinski definition) is 3. The van der Waals surface area contributed by atoms with Crippen molar-refractivity contribution in [2.45, 2.75) is 34.6 Å². The first-order valence-electron chi connectivity index (χ1n) is 6.97. The summed E-state index contributed by atoms with van der Waals surface area (Å²) in [5.74, 6) is 5.22. The molecule has 0 bridgehead atoms. The van der Waals surface area contributed by atoms with Crippen LogP contribution in [-0.2, 0) is 0 Å². The van der Waals surface area contributed by atoms with Crippen molar-refractivity contribution >= 4 is 22.9 Å². The van der Waals surface area contributed by atoms with Crippen molar-refractivity contribution in [1.82, 2.24) is 5.32 Å². The van der Waals surface area contributed by atoms with Gasteiger partial charge < -0.3 is 10.4 Å². The molecule has 116 valence electrons. The van der Waals surface area contributed by atoms with Gasteiger partial charge in [-0.05, 0) is 39.5 Å². The van der Waals surface area contributed by atoms with Crippen molar-refractivity contribution in [1.29, 1.82) is 0 Å². The van der Waals surface area contributed by atoms with Crippen LogP contribution >= 0.6 is 11.3 Å². The number of carboxylic acid groups (broad SMARTS) is 1. The second-order valence-electron chi connectivity index (χ2n) is 5.29. The second-order valence-corrected chi connectivity index (χ2v) is 6.34. The fraction of sp³-hybridized carbons (Fsp3) is 0.471. The fourth-order valence-electron chi connectivity index (χ4n) is 1.43. The van der Waals surface area contributed by atoms with E-state index in [-0.39, 0.29) is 5.41 Å². The molecule has 3 nitrogen and oxygen atoms in total. The number of hydrogen-bond donors (Lipinski definition) is 2. The Balaban J connectivity index is 0.00000191. The molecule has 0 saturated carbocycles. The summed E-state index contributed by atoms with van der Waals surface area (Å²) in [7, 11) is 1.80. The summed E-state index contributed by atoms with van der Waals surface area (Å²) in [6.45, 7) is 14.5. The molecular formula is C17H25NO2S. The first kappa shape index (κ1) is 19.4. The van der Waals surface area contributed by atoms with Gasteiger partial charge in [0.15, 0.2) is 0 Å². The zero-order valence-corrected chi connectivity index (χ0v) is 14.6. The van der Waals surface area contributed by atoms with E-state index in [2.05, 4.69) is 23.7 Å². The van der Waals surface area contributed by atoms with E-state index in [4.69, 9.17) is 0 Å². The minimum atomic E-state index is -0.930. The van der Waals surface area contributed by atoms with Crippen molar-refractivity contribution in [3.8, 4) is 11.8 Å². The number of aromatic carboxylic acids is 1. The van der Waals surface area contributed by atoms with Gasteiger partial charge in [0.05, 0.1) is 4.88 Å². The first-order valence-corrected chi connectivity index (χ1v) is 7.79. The predicted molar refractivity (Wildman–Crippen MR) is 91.9 cm³/mol. The number of carbonyl (C=O) groups is 1. The zero-order valence-electron chi connectivity index (χ0n) is 13.8. The first-order chi connectivity index (χ1) is 9.74. The lowest BCUT2D eigenvalue weighted by Crippen LogP contribution is -2.10. The van der Waals surface area contributed by atoms with Crippen molar-refractivity contribution in [3.63, 3.8) is 0 Å². The van der Waals surface area contributed by atoms with E-state index in [0.717, 1.165) is 10.5 Å². The van der Waals surface area contributed by atoms with E-state index in [0.29, 0.717) is 17.0 Å². The van der Waals surface area contributed by atoms with Gasteiger partial charge in [0.2, 0.25) is 0 Å². The van der Waals surface area contributed by atoms with Crippen LogP contribution in [0.5, 0.6) is 0 Å². The summed E-state index contributed by atoms with van der Waals surface area (Å²) in [5.41, 5.74) is 1.33. The van der Waals surface area contributed by atoms with E-state index in [1.165, 1.54) is 11.3 Å². The van der Waals surface area contributed by atoms with Crippen LogP contribution in [0.15, 0.2) is 12.6 Å². The van der Waals surface area contributed by atoms with Crippen LogP contribution in [-0.4, -0.2) is 24.7 Å². The monoisotopic (exact) mass is 307 g/mol. The van der Waals surface area contributed by atoms with Crippen LogP contribution < -0.4 is 5.32 Å². The summed E-state index contributed by atoms with van der Waals surface area (Å²) in [5, 5.41) is 12.2. The lowest BCUT2D eigenvalue weighted by atomic mass is 9.98. The average molecular weight is 307 g/mol.